The van der Waals surface area contributed by atoms with Gasteiger partial charge in [-0.25, -0.2) is 13.2 Å². The molecule has 6 heteroatoms. The summed E-state index contributed by atoms with van der Waals surface area (Å²) < 4.78 is 39.7. The lowest BCUT2D eigenvalue weighted by Crippen LogP contribution is -2.46. The van der Waals surface area contributed by atoms with Crippen LogP contribution in [-0.2, 0) is 0 Å². The van der Waals surface area contributed by atoms with Crippen molar-refractivity contribution in [2.24, 2.45) is 0 Å². The standard InChI is InChI=1S/C13H15ClF3NO/c1-3-13(2,4-5-14)18-12(19)11-9(16)6-8(15)7-10(11)17/h6-7H,3-5H2,1-2H3,(H,18,19). The molecule has 0 aliphatic rings. The molecule has 0 saturated heterocycles. The van der Waals surface area contributed by atoms with E-state index in [1.54, 1.807) is 6.92 Å². The number of rotatable bonds is 5. The Balaban J connectivity index is 3.02. The number of benzene rings is 1. The predicted octanol–water partition coefficient (Wildman–Crippen LogP) is 3.63. The fourth-order valence-corrected chi connectivity index (χ4v) is 2.05. The second-order valence-corrected chi connectivity index (χ2v) is 4.93. The summed E-state index contributed by atoms with van der Waals surface area (Å²) in [7, 11) is 0. The molecule has 0 aromatic heterocycles. The summed E-state index contributed by atoms with van der Waals surface area (Å²) in [5, 5.41) is 2.54. The number of carbonyl (C=O) groups is 1. The van der Waals surface area contributed by atoms with Crippen LogP contribution >= 0.6 is 11.6 Å². The Kier molecular flexibility index (Phi) is 5.23. The highest BCUT2D eigenvalue weighted by Gasteiger charge is 2.27. The molecule has 0 saturated carbocycles. The topological polar surface area (TPSA) is 29.1 Å². The van der Waals surface area contributed by atoms with Crippen molar-refractivity contribution < 1.29 is 18.0 Å². The molecule has 0 spiro atoms. The first-order valence-corrected chi connectivity index (χ1v) is 6.39. The maximum Gasteiger partial charge on any atom is 0.257 e. The van der Waals surface area contributed by atoms with E-state index in [-0.39, 0.29) is 0 Å². The number of hydrogen-bond acceptors (Lipinski definition) is 1. The van der Waals surface area contributed by atoms with Gasteiger partial charge in [0.1, 0.15) is 23.0 Å². The lowest BCUT2D eigenvalue weighted by Gasteiger charge is -2.29. The van der Waals surface area contributed by atoms with E-state index in [4.69, 9.17) is 11.6 Å². The molecule has 2 nitrogen and oxygen atoms in total. The van der Waals surface area contributed by atoms with Gasteiger partial charge in [-0.1, -0.05) is 6.92 Å². The Hall–Kier alpha value is -1.23. The summed E-state index contributed by atoms with van der Waals surface area (Å²) in [5.74, 6) is -4.12. The van der Waals surface area contributed by atoms with Crippen molar-refractivity contribution in [2.75, 3.05) is 5.88 Å². The number of amides is 1. The first-order valence-electron chi connectivity index (χ1n) is 5.86. The Morgan fingerprint density at radius 3 is 2.26 bits per heavy atom. The summed E-state index contributed by atoms with van der Waals surface area (Å²) in [6.45, 7) is 3.55. The molecule has 1 amide bonds. The molecule has 106 valence electrons. The second-order valence-electron chi connectivity index (χ2n) is 4.55. The molecule has 0 aliphatic carbocycles. The Morgan fingerprint density at radius 2 is 1.84 bits per heavy atom. The second kappa shape index (κ2) is 6.28. The molecule has 1 atom stereocenters. The lowest BCUT2D eigenvalue weighted by molar-refractivity contribution is 0.0892. The molecule has 1 aromatic carbocycles. The first kappa shape index (κ1) is 15.8. The number of hydrogen-bond donors (Lipinski definition) is 1. The van der Waals surface area contributed by atoms with Crippen LogP contribution in [0.4, 0.5) is 13.2 Å². The maximum atomic E-state index is 13.5. The molecule has 0 fully saturated rings. The number of nitrogens with one attached hydrogen (secondary N) is 1. The highest BCUT2D eigenvalue weighted by atomic mass is 35.5. The Labute approximate surface area is 114 Å². The van der Waals surface area contributed by atoms with E-state index >= 15 is 0 Å². The van der Waals surface area contributed by atoms with Crippen molar-refractivity contribution in [3.05, 3.63) is 35.1 Å². The van der Waals surface area contributed by atoms with Gasteiger partial charge in [0.25, 0.3) is 5.91 Å². The van der Waals surface area contributed by atoms with Crippen LogP contribution in [0.2, 0.25) is 0 Å². The first-order chi connectivity index (χ1) is 8.83. The molecule has 0 bridgehead atoms. The van der Waals surface area contributed by atoms with E-state index in [0.29, 0.717) is 30.9 Å². The fourth-order valence-electron chi connectivity index (χ4n) is 1.63. The van der Waals surface area contributed by atoms with E-state index in [1.165, 1.54) is 0 Å². The van der Waals surface area contributed by atoms with Crippen LogP contribution in [0.25, 0.3) is 0 Å². The highest BCUT2D eigenvalue weighted by Crippen LogP contribution is 2.19. The van der Waals surface area contributed by atoms with Crippen LogP contribution in [0.15, 0.2) is 12.1 Å². The van der Waals surface area contributed by atoms with E-state index in [9.17, 15) is 18.0 Å². The van der Waals surface area contributed by atoms with Crippen LogP contribution in [0.1, 0.15) is 37.0 Å². The summed E-state index contributed by atoms with van der Waals surface area (Å²) >= 11 is 5.63. The molecule has 0 aliphatic heterocycles. The average molecular weight is 294 g/mol. The van der Waals surface area contributed by atoms with Crippen LogP contribution in [0.3, 0.4) is 0 Å². The van der Waals surface area contributed by atoms with Gasteiger partial charge in [0.05, 0.1) is 0 Å². The van der Waals surface area contributed by atoms with Gasteiger partial charge in [-0.15, -0.1) is 11.6 Å². The largest absolute Gasteiger partial charge is 0.347 e. The highest BCUT2D eigenvalue weighted by molar-refractivity contribution is 6.17. The smallest absolute Gasteiger partial charge is 0.257 e. The minimum absolute atomic E-state index is 0.305. The van der Waals surface area contributed by atoms with Gasteiger partial charge < -0.3 is 5.32 Å². The molecular weight excluding hydrogens is 279 g/mol. The molecule has 1 N–H and O–H groups in total. The van der Waals surface area contributed by atoms with E-state index in [2.05, 4.69) is 5.32 Å². The van der Waals surface area contributed by atoms with Crippen molar-refractivity contribution in [2.45, 2.75) is 32.2 Å². The van der Waals surface area contributed by atoms with Crippen molar-refractivity contribution in [3.63, 3.8) is 0 Å². The maximum absolute atomic E-state index is 13.5. The van der Waals surface area contributed by atoms with Crippen LogP contribution < -0.4 is 5.32 Å². The van der Waals surface area contributed by atoms with Gasteiger partial charge in [0.2, 0.25) is 0 Å². The van der Waals surface area contributed by atoms with Crippen LogP contribution in [0, 0.1) is 17.5 Å². The SMILES string of the molecule is CCC(C)(CCCl)NC(=O)c1c(F)cc(F)cc1F. The van der Waals surface area contributed by atoms with Gasteiger partial charge in [-0.3, -0.25) is 4.79 Å². The van der Waals surface area contributed by atoms with Crippen molar-refractivity contribution in [3.8, 4) is 0 Å². The van der Waals surface area contributed by atoms with Gasteiger partial charge in [-0.05, 0) is 19.8 Å². The summed E-state index contributed by atoms with van der Waals surface area (Å²) in [6.07, 6.45) is 1.01. The average Bonchev–Trinajstić information content (AvgIpc) is 2.27. The molecule has 0 radical (unpaired) electrons. The quantitative estimate of drug-likeness (QED) is 0.825. The van der Waals surface area contributed by atoms with E-state index in [0.717, 1.165) is 0 Å². The molecule has 19 heavy (non-hydrogen) atoms. The number of carbonyl (C=O) groups excluding carboxylic acids is 1. The van der Waals surface area contributed by atoms with E-state index < -0.39 is 34.5 Å². The summed E-state index contributed by atoms with van der Waals surface area (Å²) in [4.78, 5) is 11.9. The monoisotopic (exact) mass is 293 g/mol. The minimum Gasteiger partial charge on any atom is -0.347 e. The molecule has 1 rings (SSSR count). The third-order valence-electron chi connectivity index (χ3n) is 3.08. The van der Waals surface area contributed by atoms with Crippen molar-refractivity contribution in [1.82, 2.24) is 5.32 Å². The fraction of sp³-hybridized carbons (Fsp3) is 0.462. The normalized spacial score (nSPS) is 14.0. The van der Waals surface area contributed by atoms with Crippen molar-refractivity contribution >= 4 is 17.5 Å². The number of alkyl halides is 1. The minimum atomic E-state index is -1.22. The zero-order chi connectivity index (χ0) is 14.6. The van der Waals surface area contributed by atoms with Gasteiger partial charge in [0, 0.05) is 23.6 Å². The van der Waals surface area contributed by atoms with Gasteiger partial charge in [-0.2, -0.15) is 0 Å². The molecule has 1 aromatic rings. The molecular formula is C13H15ClF3NO. The zero-order valence-corrected chi connectivity index (χ0v) is 11.5. The van der Waals surface area contributed by atoms with Gasteiger partial charge in [0.15, 0.2) is 0 Å². The summed E-state index contributed by atoms with van der Waals surface area (Å²) in [5.41, 5.74) is -1.44. The number of halogens is 4. The van der Waals surface area contributed by atoms with Crippen LogP contribution in [0.5, 0.6) is 0 Å². The van der Waals surface area contributed by atoms with E-state index in [1.807, 2.05) is 6.92 Å². The third kappa shape index (κ3) is 3.86. The lowest BCUT2D eigenvalue weighted by atomic mass is 9.95. The van der Waals surface area contributed by atoms with Crippen molar-refractivity contribution in [1.29, 1.82) is 0 Å². The predicted molar refractivity (Wildman–Crippen MR) is 67.8 cm³/mol. The van der Waals surface area contributed by atoms with Gasteiger partial charge >= 0.3 is 0 Å². The third-order valence-corrected chi connectivity index (χ3v) is 3.26. The Bertz CT molecular complexity index is 458. The molecule has 1 unspecified atom stereocenters. The zero-order valence-electron chi connectivity index (χ0n) is 10.7. The molecule has 0 heterocycles. The Morgan fingerprint density at radius 1 is 1.32 bits per heavy atom. The summed E-state index contributed by atoms with van der Waals surface area (Å²) in [6, 6.07) is 0.950. The van der Waals surface area contributed by atoms with Crippen LogP contribution in [-0.4, -0.2) is 17.3 Å².